The van der Waals surface area contributed by atoms with Crippen LogP contribution in [0.1, 0.15) is 44.4 Å². The Bertz CT molecular complexity index is 1630. The fourth-order valence-corrected chi connectivity index (χ4v) is 5.13. The Morgan fingerprint density at radius 3 is 2.27 bits per heavy atom. The summed E-state index contributed by atoms with van der Waals surface area (Å²) in [5.41, 5.74) is -0.317. The molecule has 0 aliphatic carbocycles. The molecule has 0 spiro atoms. The maximum Gasteiger partial charge on any atom is 0.435 e. The zero-order valence-electron chi connectivity index (χ0n) is 26.7. The van der Waals surface area contributed by atoms with Crippen LogP contribution >= 0.6 is 0 Å². The summed E-state index contributed by atoms with van der Waals surface area (Å²) < 4.78 is 51.9. The lowest BCUT2D eigenvalue weighted by Gasteiger charge is -2.28. The van der Waals surface area contributed by atoms with Crippen molar-refractivity contribution in [1.29, 1.82) is 0 Å². The second-order valence-electron chi connectivity index (χ2n) is 11.6. The number of amides is 3. The fourth-order valence-electron chi connectivity index (χ4n) is 5.13. The molecule has 3 amide bonds. The van der Waals surface area contributed by atoms with E-state index in [-0.39, 0.29) is 18.8 Å². The summed E-state index contributed by atoms with van der Waals surface area (Å²) in [5.74, 6) is -4.91. The highest BCUT2D eigenvalue weighted by Crippen LogP contribution is 2.32. The molecule has 3 atom stereocenters. The van der Waals surface area contributed by atoms with Gasteiger partial charge in [0.15, 0.2) is 18.1 Å². The van der Waals surface area contributed by atoms with Crippen molar-refractivity contribution < 1.29 is 51.7 Å². The van der Waals surface area contributed by atoms with Crippen molar-refractivity contribution in [3.8, 4) is 11.6 Å². The molecule has 49 heavy (non-hydrogen) atoms. The number of likely N-dealkylation sites (tertiary alicyclic amines) is 1. The number of para-hydroxylation sites is 1. The van der Waals surface area contributed by atoms with Crippen molar-refractivity contribution in [2.24, 2.45) is 5.92 Å². The van der Waals surface area contributed by atoms with Crippen molar-refractivity contribution in [3.63, 3.8) is 0 Å². The molecule has 2 aromatic carbocycles. The number of hydrogen-bond donors (Lipinski definition) is 3. The average Bonchev–Trinajstić information content (AvgIpc) is 3.73. The van der Waals surface area contributed by atoms with Gasteiger partial charge < -0.3 is 25.2 Å². The summed E-state index contributed by atoms with van der Waals surface area (Å²) in [6.07, 6.45) is -5.57. The number of rotatable bonds is 14. The van der Waals surface area contributed by atoms with Crippen LogP contribution in [0.4, 0.5) is 18.0 Å². The summed E-state index contributed by atoms with van der Waals surface area (Å²) in [6, 6.07) is 13.4. The molecule has 0 radical (unpaired) electrons. The van der Waals surface area contributed by atoms with Crippen molar-refractivity contribution in [3.05, 3.63) is 78.0 Å². The number of carboxylic acid groups (broad SMARTS) is 1. The first-order valence-corrected chi connectivity index (χ1v) is 15.4. The smallest absolute Gasteiger partial charge is 0.435 e. The Morgan fingerprint density at radius 1 is 1.00 bits per heavy atom. The number of ether oxygens (including phenoxy) is 2. The standard InChI is InChI=1S/C33H36F3N5O8/c1-20(2)29(38-30(45)24-14-9-15-40(24)32(47)49-18-21-10-5-3-6-11-21)31(46)37-23(16-28(43)44)25(42)19-48-27-17-26(33(34,35)36)39-41(27)22-12-7-4-8-13-22/h3-8,10-13,17,20,23-24,29H,9,14-16,18-19H2,1-2H3,(H,37,46)(H,38,45)(H,43,44)/t23-,24-,29-/m0/s1. The summed E-state index contributed by atoms with van der Waals surface area (Å²) >= 11 is 0. The van der Waals surface area contributed by atoms with E-state index in [0.717, 1.165) is 10.2 Å². The number of nitrogens with zero attached hydrogens (tertiary/aromatic N) is 3. The van der Waals surface area contributed by atoms with Gasteiger partial charge in [0, 0.05) is 12.6 Å². The Labute approximate surface area is 279 Å². The van der Waals surface area contributed by atoms with Gasteiger partial charge >= 0.3 is 18.2 Å². The Hall–Kier alpha value is -5.41. The number of ketones is 1. The van der Waals surface area contributed by atoms with Crippen LogP contribution < -0.4 is 15.4 Å². The Kier molecular flexibility index (Phi) is 12.0. The third-order valence-corrected chi connectivity index (χ3v) is 7.66. The second kappa shape index (κ2) is 16.1. The maximum atomic E-state index is 13.4. The minimum absolute atomic E-state index is 0.00231. The third-order valence-electron chi connectivity index (χ3n) is 7.66. The van der Waals surface area contributed by atoms with Crippen LogP contribution in [0.3, 0.4) is 0 Å². The first kappa shape index (κ1) is 36.4. The van der Waals surface area contributed by atoms with Crippen LogP contribution in [-0.2, 0) is 36.7 Å². The fraction of sp³-hybridized carbons (Fsp3) is 0.394. The minimum Gasteiger partial charge on any atom is -0.481 e. The van der Waals surface area contributed by atoms with Crippen LogP contribution in [0.5, 0.6) is 5.88 Å². The van der Waals surface area contributed by atoms with Crippen molar-refractivity contribution in [2.45, 2.75) is 64.0 Å². The molecule has 13 nitrogen and oxygen atoms in total. The molecule has 1 aromatic heterocycles. The molecule has 1 aliphatic rings. The van der Waals surface area contributed by atoms with E-state index < -0.39 is 84.5 Å². The third kappa shape index (κ3) is 9.81. The highest BCUT2D eigenvalue weighted by atomic mass is 19.4. The van der Waals surface area contributed by atoms with Crippen molar-refractivity contribution in [1.82, 2.24) is 25.3 Å². The lowest BCUT2D eigenvalue weighted by atomic mass is 10.0. The summed E-state index contributed by atoms with van der Waals surface area (Å²) in [5, 5.41) is 17.9. The summed E-state index contributed by atoms with van der Waals surface area (Å²) in [7, 11) is 0. The molecule has 2 heterocycles. The Morgan fingerprint density at radius 2 is 1.65 bits per heavy atom. The van der Waals surface area contributed by atoms with E-state index in [4.69, 9.17) is 9.47 Å². The second-order valence-corrected chi connectivity index (χ2v) is 11.6. The number of Topliss-reactive ketones (excluding diaryl/α,β-unsaturated/α-hetero) is 1. The molecule has 1 saturated heterocycles. The van der Waals surface area contributed by atoms with Gasteiger partial charge in [-0.3, -0.25) is 24.1 Å². The number of hydrogen-bond acceptors (Lipinski definition) is 8. The van der Waals surface area contributed by atoms with Gasteiger partial charge in [-0.1, -0.05) is 62.4 Å². The molecule has 3 N–H and O–H groups in total. The molecular formula is C33H36F3N5O8. The van der Waals surface area contributed by atoms with E-state index in [0.29, 0.717) is 18.9 Å². The predicted octanol–water partition coefficient (Wildman–Crippen LogP) is 3.74. The van der Waals surface area contributed by atoms with E-state index in [1.54, 1.807) is 56.3 Å². The summed E-state index contributed by atoms with van der Waals surface area (Å²) in [6.45, 7) is 2.58. The highest BCUT2D eigenvalue weighted by molar-refractivity contribution is 5.96. The van der Waals surface area contributed by atoms with Gasteiger partial charge in [0.1, 0.15) is 24.7 Å². The summed E-state index contributed by atoms with van der Waals surface area (Å²) in [4.78, 5) is 65.5. The molecule has 0 bridgehead atoms. The molecule has 1 fully saturated rings. The number of nitrogens with one attached hydrogen (secondary N) is 2. The van der Waals surface area contributed by atoms with E-state index in [1.165, 1.54) is 17.0 Å². The number of alkyl halides is 3. The quantitative estimate of drug-likeness (QED) is 0.229. The SMILES string of the molecule is CC(C)[C@H](NC(=O)[C@@H]1CCCN1C(=O)OCc1ccccc1)C(=O)N[C@@H](CC(=O)O)C(=O)COc1cc(C(F)(F)F)nn1-c1ccccc1. The van der Waals surface area contributed by atoms with Crippen LogP contribution in [0.15, 0.2) is 66.7 Å². The van der Waals surface area contributed by atoms with E-state index in [1.807, 2.05) is 6.07 Å². The molecular weight excluding hydrogens is 651 g/mol. The number of aliphatic carboxylic acids is 1. The van der Waals surface area contributed by atoms with Crippen molar-refractivity contribution >= 4 is 29.7 Å². The van der Waals surface area contributed by atoms with Gasteiger partial charge in [-0.05, 0) is 36.5 Å². The van der Waals surface area contributed by atoms with Gasteiger partial charge in [0.25, 0.3) is 0 Å². The van der Waals surface area contributed by atoms with Crippen LogP contribution in [0, 0.1) is 5.92 Å². The maximum absolute atomic E-state index is 13.4. The topological polar surface area (TPSA) is 169 Å². The largest absolute Gasteiger partial charge is 0.481 e. The van der Waals surface area contributed by atoms with Gasteiger partial charge in [-0.2, -0.15) is 18.3 Å². The average molecular weight is 688 g/mol. The minimum atomic E-state index is -4.82. The highest BCUT2D eigenvalue weighted by Gasteiger charge is 2.39. The van der Waals surface area contributed by atoms with Gasteiger partial charge in [-0.15, -0.1) is 0 Å². The number of halogens is 3. The number of carbonyl (C=O) groups excluding carboxylic acids is 4. The lowest BCUT2D eigenvalue weighted by Crippen LogP contribution is -2.57. The monoisotopic (exact) mass is 687 g/mol. The normalized spacial score (nSPS) is 15.7. The zero-order valence-corrected chi connectivity index (χ0v) is 26.7. The molecule has 262 valence electrons. The van der Waals surface area contributed by atoms with Crippen LogP contribution in [0.2, 0.25) is 0 Å². The first-order valence-electron chi connectivity index (χ1n) is 15.4. The molecule has 16 heteroatoms. The zero-order chi connectivity index (χ0) is 35.7. The Balaban J connectivity index is 1.42. The van der Waals surface area contributed by atoms with Crippen LogP contribution in [0.25, 0.3) is 5.69 Å². The molecule has 0 unspecified atom stereocenters. The van der Waals surface area contributed by atoms with E-state index in [2.05, 4.69) is 15.7 Å². The number of benzene rings is 2. The molecule has 3 aromatic rings. The van der Waals surface area contributed by atoms with Gasteiger partial charge in [0.05, 0.1) is 12.1 Å². The molecule has 0 saturated carbocycles. The van der Waals surface area contributed by atoms with E-state index >= 15 is 0 Å². The van der Waals surface area contributed by atoms with Crippen LogP contribution in [-0.4, -0.2) is 80.7 Å². The van der Waals surface area contributed by atoms with E-state index in [9.17, 15) is 42.3 Å². The molecule has 1 aliphatic heterocycles. The van der Waals surface area contributed by atoms with Gasteiger partial charge in [0.2, 0.25) is 17.7 Å². The number of carboxylic acids is 1. The van der Waals surface area contributed by atoms with Crippen molar-refractivity contribution in [2.75, 3.05) is 13.2 Å². The van der Waals surface area contributed by atoms with Gasteiger partial charge in [-0.25, -0.2) is 9.48 Å². The predicted molar refractivity (Wildman–Crippen MR) is 166 cm³/mol. The number of carbonyl (C=O) groups is 5. The number of aromatic nitrogens is 2. The lowest BCUT2D eigenvalue weighted by molar-refractivity contribution is -0.142. The first-order chi connectivity index (χ1) is 23.2. The molecule has 4 rings (SSSR count).